The Kier molecular flexibility index (Phi) is 5.88. The minimum absolute atomic E-state index is 0.291. The molecule has 0 spiro atoms. The first-order valence-electron chi connectivity index (χ1n) is 6.73. The molecular weight excluding hydrogens is 216 g/mol. The summed E-state index contributed by atoms with van der Waals surface area (Å²) in [5.41, 5.74) is 0. The van der Waals surface area contributed by atoms with Crippen molar-refractivity contribution in [2.45, 2.75) is 70.3 Å². The third kappa shape index (κ3) is 4.12. The second-order valence-electron chi connectivity index (χ2n) is 5.51. The molecule has 0 saturated heterocycles. The van der Waals surface area contributed by atoms with E-state index in [1.54, 1.807) is 0 Å². The van der Waals surface area contributed by atoms with Crippen molar-refractivity contribution >= 4 is 16.7 Å². The number of carbonyl (C=O) groups excluding carboxylic acids is 1. The highest BCUT2D eigenvalue weighted by atomic mass is 32.2. The van der Waals surface area contributed by atoms with E-state index in [1.807, 2.05) is 0 Å². The second kappa shape index (κ2) is 6.68. The highest BCUT2D eigenvalue weighted by Gasteiger charge is 2.33. The van der Waals surface area contributed by atoms with Crippen LogP contribution in [-0.4, -0.2) is 22.0 Å². The van der Waals surface area contributed by atoms with Crippen molar-refractivity contribution in [1.82, 2.24) is 0 Å². The van der Waals surface area contributed by atoms with Crippen LogP contribution in [0.15, 0.2) is 0 Å². The minimum atomic E-state index is 0.291. The molecule has 0 aromatic carbocycles. The van der Waals surface area contributed by atoms with Crippen LogP contribution < -0.4 is 0 Å². The van der Waals surface area contributed by atoms with Crippen LogP contribution in [0.3, 0.4) is 0 Å². The van der Waals surface area contributed by atoms with Crippen molar-refractivity contribution in [3.8, 4) is 0 Å². The van der Waals surface area contributed by atoms with Crippen LogP contribution in [-0.2, 0) is 15.7 Å². The summed E-state index contributed by atoms with van der Waals surface area (Å²) >= 11 is 0. The van der Waals surface area contributed by atoms with Crippen LogP contribution in [0, 0.1) is 5.92 Å². The van der Waals surface area contributed by atoms with Crippen molar-refractivity contribution in [2.24, 2.45) is 5.92 Å². The topological polar surface area (TPSA) is 17.1 Å². The average Bonchev–Trinajstić information content (AvgIpc) is 2.25. The Balaban J connectivity index is 2.47. The van der Waals surface area contributed by atoms with Gasteiger partial charge in [0.15, 0.2) is 11.5 Å². The zero-order valence-electron chi connectivity index (χ0n) is 11.3. The molecule has 1 rings (SSSR count). The van der Waals surface area contributed by atoms with Gasteiger partial charge in [-0.25, -0.2) is 0 Å². The first kappa shape index (κ1) is 14.1. The molecule has 0 radical (unpaired) electrons. The van der Waals surface area contributed by atoms with Gasteiger partial charge in [-0.1, -0.05) is 19.3 Å². The van der Waals surface area contributed by atoms with Crippen molar-refractivity contribution < 1.29 is 4.79 Å². The molecule has 1 fully saturated rings. The zero-order chi connectivity index (χ0) is 12.1. The molecule has 94 valence electrons. The lowest BCUT2D eigenvalue weighted by Crippen LogP contribution is -2.34. The number of Topliss-reactive ketones (excluding diaryl/α,β-unsaturated/α-hetero) is 1. The number of rotatable bonds is 5. The molecule has 0 atom stereocenters. The summed E-state index contributed by atoms with van der Waals surface area (Å²) in [4.78, 5) is 12.2. The first-order valence-corrected chi connectivity index (χ1v) is 8.25. The fourth-order valence-electron chi connectivity index (χ4n) is 2.58. The van der Waals surface area contributed by atoms with E-state index in [2.05, 4.69) is 27.7 Å². The summed E-state index contributed by atoms with van der Waals surface area (Å²) in [5.74, 6) is 1.81. The quantitative estimate of drug-likeness (QED) is 0.675. The van der Waals surface area contributed by atoms with E-state index >= 15 is 0 Å². The number of carbonyl (C=O) groups is 1. The molecule has 0 aliphatic heterocycles. The van der Waals surface area contributed by atoms with Crippen LogP contribution >= 0.6 is 0 Å². The lowest BCUT2D eigenvalue weighted by atomic mass is 9.87. The van der Waals surface area contributed by atoms with E-state index in [1.165, 1.54) is 19.3 Å². The maximum absolute atomic E-state index is 12.2. The van der Waals surface area contributed by atoms with E-state index in [0.29, 0.717) is 33.1 Å². The summed E-state index contributed by atoms with van der Waals surface area (Å²) in [6.45, 7) is 9.04. The van der Waals surface area contributed by atoms with E-state index in [-0.39, 0.29) is 0 Å². The van der Waals surface area contributed by atoms with Gasteiger partial charge < -0.3 is 0 Å². The average molecular weight is 243 g/mol. The van der Waals surface area contributed by atoms with Gasteiger partial charge in [0.05, 0.1) is 0 Å². The first-order chi connectivity index (χ1) is 7.52. The molecule has 0 aromatic rings. The van der Waals surface area contributed by atoms with Gasteiger partial charge in [0.25, 0.3) is 0 Å². The lowest BCUT2D eigenvalue weighted by Gasteiger charge is -2.22. The van der Waals surface area contributed by atoms with Crippen LogP contribution in [0.1, 0.15) is 59.8 Å². The molecular formula is C14H27OS+. The Morgan fingerprint density at radius 1 is 1.06 bits per heavy atom. The van der Waals surface area contributed by atoms with Gasteiger partial charge in [-0.15, -0.1) is 0 Å². The van der Waals surface area contributed by atoms with Gasteiger partial charge in [-0.05, 0) is 51.4 Å². The maximum atomic E-state index is 12.2. The van der Waals surface area contributed by atoms with Crippen molar-refractivity contribution in [3.63, 3.8) is 0 Å². The molecule has 0 unspecified atom stereocenters. The van der Waals surface area contributed by atoms with Crippen LogP contribution in [0.4, 0.5) is 0 Å². The largest absolute Gasteiger partial charge is 0.294 e. The summed E-state index contributed by atoms with van der Waals surface area (Å²) in [6.07, 6.45) is 6.20. The summed E-state index contributed by atoms with van der Waals surface area (Å²) < 4.78 is 0. The Morgan fingerprint density at radius 3 is 2.00 bits per heavy atom. The molecule has 0 bridgehead atoms. The normalized spacial score (nSPS) is 18.7. The van der Waals surface area contributed by atoms with E-state index in [0.717, 1.165) is 18.6 Å². The van der Waals surface area contributed by atoms with Gasteiger partial charge in [0, 0.05) is 5.92 Å². The fourth-order valence-corrected chi connectivity index (χ4v) is 4.90. The van der Waals surface area contributed by atoms with E-state index in [9.17, 15) is 4.79 Å². The SMILES string of the molecule is CC(C)[S+](CC(=O)C1CCCCC1)C(C)C. The molecule has 16 heavy (non-hydrogen) atoms. The van der Waals surface area contributed by atoms with Crippen molar-refractivity contribution in [1.29, 1.82) is 0 Å². The fraction of sp³-hybridized carbons (Fsp3) is 0.929. The van der Waals surface area contributed by atoms with Crippen molar-refractivity contribution in [2.75, 3.05) is 5.75 Å². The highest BCUT2D eigenvalue weighted by molar-refractivity contribution is 7.98. The Morgan fingerprint density at radius 2 is 1.56 bits per heavy atom. The third-order valence-electron chi connectivity index (χ3n) is 3.58. The van der Waals surface area contributed by atoms with E-state index in [4.69, 9.17) is 0 Å². The zero-order valence-corrected chi connectivity index (χ0v) is 12.1. The Labute approximate surface area is 104 Å². The van der Waals surface area contributed by atoms with Crippen molar-refractivity contribution in [3.05, 3.63) is 0 Å². The van der Waals surface area contributed by atoms with Gasteiger partial charge in [-0.3, -0.25) is 4.79 Å². The minimum Gasteiger partial charge on any atom is -0.294 e. The smallest absolute Gasteiger partial charge is 0.184 e. The number of ketones is 1. The molecule has 1 aliphatic carbocycles. The molecule has 1 aliphatic rings. The van der Waals surface area contributed by atoms with Gasteiger partial charge in [0.2, 0.25) is 0 Å². The predicted molar refractivity (Wildman–Crippen MR) is 74.1 cm³/mol. The molecule has 0 heterocycles. The standard InChI is InChI=1S/C14H27OS/c1-11(2)16(12(3)4)10-14(15)13-8-6-5-7-9-13/h11-13H,5-10H2,1-4H3/q+1. The molecule has 2 heteroatoms. The summed E-state index contributed by atoms with van der Waals surface area (Å²) in [6, 6.07) is 0. The summed E-state index contributed by atoms with van der Waals surface area (Å²) in [5, 5.41) is 1.32. The number of hydrogen-bond acceptors (Lipinski definition) is 1. The molecule has 0 amide bonds. The monoisotopic (exact) mass is 243 g/mol. The molecule has 1 saturated carbocycles. The molecule has 0 N–H and O–H groups in total. The Bertz CT molecular complexity index is 209. The van der Waals surface area contributed by atoms with Gasteiger partial charge in [-0.2, -0.15) is 0 Å². The Hall–Kier alpha value is 0.0200. The van der Waals surface area contributed by atoms with Crippen LogP contribution in [0.25, 0.3) is 0 Å². The lowest BCUT2D eigenvalue weighted by molar-refractivity contribution is -0.121. The molecule has 0 aromatic heterocycles. The second-order valence-corrected chi connectivity index (χ2v) is 8.63. The van der Waals surface area contributed by atoms with Crippen LogP contribution in [0.5, 0.6) is 0 Å². The maximum Gasteiger partial charge on any atom is 0.184 e. The highest BCUT2D eigenvalue weighted by Crippen LogP contribution is 2.26. The van der Waals surface area contributed by atoms with Gasteiger partial charge in [0.1, 0.15) is 10.5 Å². The third-order valence-corrected chi connectivity index (χ3v) is 6.62. The van der Waals surface area contributed by atoms with E-state index < -0.39 is 0 Å². The van der Waals surface area contributed by atoms with Crippen LogP contribution in [0.2, 0.25) is 0 Å². The van der Waals surface area contributed by atoms with Gasteiger partial charge >= 0.3 is 0 Å². The number of hydrogen-bond donors (Lipinski definition) is 0. The molecule has 1 nitrogen and oxygen atoms in total. The summed E-state index contributed by atoms with van der Waals surface area (Å²) in [7, 11) is 0.291. The predicted octanol–water partition coefficient (Wildman–Crippen LogP) is 3.57.